The Kier molecular flexibility index (Phi) is 4.50. The second-order valence-corrected chi connectivity index (χ2v) is 7.96. The predicted molar refractivity (Wildman–Crippen MR) is 99.4 cm³/mol. The molecule has 0 aliphatic heterocycles. The number of nitrogens with zero attached hydrogens (tertiary/aromatic N) is 3. The molecule has 4 rings (SSSR count). The molecule has 0 aromatic carbocycles. The summed E-state index contributed by atoms with van der Waals surface area (Å²) in [6.45, 7) is 4.93. The number of aliphatic hydroxyl groups is 1. The maximum atomic E-state index is 12.8. The lowest BCUT2D eigenvalue weighted by molar-refractivity contribution is 0.0701. The Morgan fingerprint density at radius 1 is 1.12 bits per heavy atom. The SMILES string of the molecule is CCCn1c(=O)c2[nH]c(C3CC4CCC(O)C3C4)nc2n(CCC)c1=O. The van der Waals surface area contributed by atoms with Crippen molar-refractivity contribution in [3.05, 3.63) is 26.7 Å². The van der Waals surface area contributed by atoms with Gasteiger partial charge in [-0.1, -0.05) is 13.8 Å². The minimum Gasteiger partial charge on any atom is -0.393 e. The number of aliphatic hydroxyl groups excluding tert-OH is 1. The maximum Gasteiger partial charge on any atom is 0.332 e. The fraction of sp³-hybridized carbons (Fsp3) is 0.737. The van der Waals surface area contributed by atoms with E-state index in [1.165, 1.54) is 4.57 Å². The Labute approximate surface area is 152 Å². The molecule has 7 nitrogen and oxygen atoms in total. The van der Waals surface area contributed by atoms with Gasteiger partial charge in [-0.3, -0.25) is 13.9 Å². The first kappa shape index (κ1) is 17.5. The van der Waals surface area contributed by atoms with E-state index in [4.69, 9.17) is 4.98 Å². The summed E-state index contributed by atoms with van der Waals surface area (Å²) in [6, 6.07) is 0. The minimum absolute atomic E-state index is 0.147. The Morgan fingerprint density at radius 2 is 1.85 bits per heavy atom. The molecule has 2 aromatic heterocycles. The van der Waals surface area contributed by atoms with Gasteiger partial charge in [0.05, 0.1) is 6.10 Å². The fourth-order valence-corrected chi connectivity index (χ4v) is 4.98. The Morgan fingerprint density at radius 3 is 2.58 bits per heavy atom. The molecule has 4 unspecified atom stereocenters. The van der Waals surface area contributed by atoms with Crippen LogP contribution in [0.4, 0.5) is 0 Å². The number of hydrogen-bond acceptors (Lipinski definition) is 4. The monoisotopic (exact) mass is 360 g/mol. The smallest absolute Gasteiger partial charge is 0.332 e. The van der Waals surface area contributed by atoms with Crippen LogP contribution in [0.5, 0.6) is 0 Å². The summed E-state index contributed by atoms with van der Waals surface area (Å²) in [4.78, 5) is 33.6. The lowest BCUT2D eigenvalue weighted by atomic mass is 9.84. The third kappa shape index (κ3) is 2.64. The molecule has 2 bridgehead atoms. The number of aryl methyl sites for hydroxylation is 1. The van der Waals surface area contributed by atoms with Crippen molar-refractivity contribution in [1.82, 2.24) is 19.1 Å². The highest BCUT2D eigenvalue weighted by Gasteiger charge is 2.44. The van der Waals surface area contributed by atoms with Crippen LogP contribution in [0.25, 0.3) is 11.2 Å². The summed E-state index contributed by atoms with van der Waals surface area (Å²) in [5.41, 5.74) is 0.353. The first-order valence-corrected chi connectivity index (χ1v) is 9.96. The molecule has 2 heterocycles. The van der Waals surface area contributed by atoms with Crippen molar-refractivity contribution < 1.29 is 5.11 Å². The molecule has 4 atom stereocenters. The highest BCUT2D eigenvalue weighted by atomic mass is 16.3. The molecule has 7 heteroatoms. The molecule has 2 aliphatic rings. The number of imidazole rings is 1. The largest absolute Gasteiger partial charge is 0.393 e. The van der Waals surface area contributed by atoms with E-state index in [1.54, 1.807) is 4.57 Å². The number of hydrogen-bond donors (Lipinski definition) is 2. The summed E-state index contributed by atoms with van der Waals surface area (Å²) in [7, 11) is 0. The molecule has 2 aliphatic carbocycles. The van der Waals surface area contributed by atoms with Crippen molar-refractivity contribution in [3.63, 3.8) is 0 Å². The van der Waals surface area contributed by atoms with Crippen LogP contribution in [0.3, 0.4) is 0 Å². The van der Waals surface area contributed by atoms with Gasteiger partial charge in [0.2, 0.25) is 0 Å². The molecule has 2 N–H and O–H groups in total. The molecular weight excluding hydrogens is 332 g/mol. The number of aromatic amines is 1. The highest BCUT2D eigenvalue weighted by molar-refractivity contribution is 5.70. The van der Waals surface area contributed by atoms with E-state index < -0.39 is 0 Å². The predicted octanol–water partition coefficient (Wildman–Crippen LogP) is 1.97. The van der Waals surface area contributed by atoms with Gasteiger partial charge in [-0.25, -0.2) is 9.78 Å². The van der Waals surface area contributed by atoms with Gasteiger partial charge in [-0.05, 0) is 50.4 Å². The minimum atomic E-state index is -0.290. The van der Waals surface area contributed by atoms with Gasteiger partial charge in [0.15, 0.2) is 5.65 Å². The summed E-state index contributed by atoms with van der Waals surface area (Å²) < 4.78 is 2.95. The molecule has 2 saturated carbocycles. The van der Waals surface area contributed by atoms with Crippen LogP contribution in [0, 0.1) is 11.8 Å². The molecule has 2 aromatic rings. The van der Waals surface area contributed by atoms with Crippen molar-refractivity contribution in [3.8, 4) is 0 Å². The number of nitrogens with one attached hydrogen (secondary N) is 1. The van der Waals surface area contributed by atoms with E-state index in [0.717, 1.165) is 44.3 Å². The van der Waals surface area contributed by atoms with Crippen molar-refractivity contribution in [2.75, 3.05) is 0 Å². The third-order valence-electron chi connectivity index (χ3n) is 6.20. The average molecular weight is 360 g/mol. The molecule has 0 spiro atoms. The summed E-state index contributed by atoms with van der Waals surface area (Å²) >= 11 is 0. The van der Waals surface area contributed by atoms with E-state index in [9.17, 15) is 14.7 Å². The molecular formula is C19H28N4O3. The number of aromatic nitrogens is 4. The van der Waals surface area contributed by atoms with E-state index in [0.29, 0.717) is 30.2 Å². The average Bonchev–Trinajstić information content (AvgIpc) is 3.21. The second-order valence-electron chi connectivity index (χ2n) is 7.96. The van der Waals surface area contributed by atoms with E-state index in [-0.39, 0.29) is 29.2 Å². The lowest BCUT2D eigenvalue weighted by Gasteiger charge is -2.26. The highest BCUT2D eigenvalue weighted by Crippen LogP contribution is 2.50. The molecule has 0 amide bonds. The number of fused-ring (bicyclic) bond motifs is 3. The molecule has 2 fully saturated rings. The summed E-state index contributed by atoms with van der Waals surface area (Å²) in [6.07, 6.45) is 5.20. The normalized spacial score (nSPS) is 28.1. The zero-order valence-corrected chi connectivity index (χ0v) is 15.6. The van der Waals surface area contributed by atoms with E-state index >= 15 is 0 Å². The van der Waals surface area contributed by atoms with Crippen molar-refractivity contribution in [1.29, 1.82) is 0 Å². The first-order chi connectivity index (χ1) is 12.5. The molecule has 26 heavy (non-hydrogen) atoms. The summed E-state index contributed by atoms with van der Waals surface area (Å²) in [5, 5.41) is 10.4. The van der Waals surface area contributed by atoms with Gasteiger partial charge in [0.25, 0.3) is 5.56 Å². The summed E-state index contributed by atoms with van der Waals surface area (Å²) in [5.74, 6) is 1.76. The maximum absolute atomic E-state index is 12.8. The van der Waals surface area contributed by atoms with Crippen molar-refractivity contribution in [2.24, 2.45) is 11.8 Å². The van der Waals surface area contributed by atoms with Gasteiger partial charge in [0, 0.05) is 19.0 Å². The van der Waals surface area contributed by atoms with Gasteiger partial charge < -0.3 is 10.1 Å². The Bertz CT molecular complexity index is 925. The topological polar surface area (TPSA) is 92.9 Å². The van der Waals surface area contributed by atoms with Crippen LogP contribution in [-0.2, 0) is 13.1 Å². The molecule has 142 valence electrons. The van der Waals surface area contributed by atoms with Gasteiger partial charge >= 0.3 is 5.69 Å². The molecule has 0 saturated heterocycles. The number of rotatable bonds is 5. The van der Waals surface area contributed by atoms with E-state index in [2.05, 4.69) is 4.98 Å². The molecule has 0 radical (unpaired) electrons. The van der Waals surface area contributed by atoms with Crippen LogP contribution >= 0.6 is 0 Å². The van der Waals surface area contributed by atoms with Crippen molar-refractivity contribution in [2.45, 2.75) is 77.5 Å². The first-order valence-electron chi connectivity index (χ1n) is 9.96. The van der Waals surface area contributed by atoms with Gasteiger partial charge in [-0.2, -0.15) is 0 Å². The fourth-order valence-electron chi connectivity index (χ4n) is 4.98. The van der Waals surface area contributed by atoms with Gasteiger partial charge in [0.1, 0.15) is 11.3 Å². The van der Waals surface area contributed by atoms with Crippen LogP contribution in [0.1, 0.15) is 64.1 Å². The lowest BCUT2D eigenvalue weighted by Crippen LogP contribution is -2.40. The second kappa shape index (κ2) is 6.68. The Hall–Kier alpha value is -1.89. The standard InChI is InChI=1S/C19H28N4O3/c1-3-7-22-17-15(18(25)23(8-4-2)19(22)26)20-16(21-17)13-10-11-5-6-14(24)12(13)9-11/h11-14,24H,3-10H2,1-2H3,(H,20,21). The van der Waals surface area contributed by atoms with Crippen LogP contribution in [-0.4, -0.2) is 30.3 Å². The van der Waals surface area contributed by atoms with Crippen molar-refractivity contribution >= 4 is 11.2 Å². The third-order valence-corrected chi connectivity index (χ3v) is 6.20. The number of H-pyrrole nitrogens is 1. The zero-order valence-electron chi connectivity index (χ0n) is 15.6. The quantitative estimate of drug-likeness (QED) is 0.852. The zero-order chi connectivity index (χ0) is 18.4. The van der Waals surface area contributed by atoms with E-state index in [1.807, 2.05) is 13.8 Å². The van der Waals surface area contributed by atoms with Crippen LogP contribution in [0.2, 0.25) is 0 Å². The Balaban J connectivity index is 1.86. The van der Waals surface area contributed by atoms with Gasteiger partial charge in [-0.15, -0.1) is 0 Å². The van der Waals surface area contributed by atoms with Crippen LogP contribution in [0.15, 0.2) is 9.59 Å². The van der Waals surface area contributed by atoms with Crippen LogP contribution < -0.4 is 11.2 Å².